The maximum Gasteiger partial charge on any atom is 0.248 e. The van der Waals surface area contributed by atoms with Crippen molar-refractivity contribution in [1.82, 2.24) is 0 Å². The number of fused-ring (bicyclic) bond motifs is 1. The Kier molecular flexibility index (Phi) is 5.47. The summed E-state index contributed by atoms with van der Waals surface area (Å²) in [5.74, 6) is 0.564. The van der Waals surface area contributed by atoms with Gasteiger partial charge in [0.15, 0.2) is 11.3 Å². The average molecular weight is 385 g/mol. The van der Waals surface area contributed by atoms with Crippen molar-refractivity contribution < 1.29 is 18.7 Å². The van der Waals surface area contributed by atoms with Crippen LogP contribution >= 0.6 is 11.6 Å². The molecule has 0 atom stereocenters. The summed E-state index contributed by atoms with van der Waals surface area (Å²) in [6, 6.07) is 12.0. The van der Waals surface area contributed by atoms with E-state index in [-0.39, 0.29) is 11.8 Å². The first-order valence-electron chi connectivity index (χ1n) is 8.08. The van der Waals surface area contributed by atoms with E-state index in [9.17, 15) is 9.59 Å². The van der Waals surface area contributed by atoms with Crippen molar-refractivity contribution in [3.05, 3.63) is 59.3 Å². The lowest BCUT2D eigenvalue weighted by Gasteiger charge is -2.04. The first kappa shape index (κ1) is 18.5. The zero-order valence-corrected chi connectivity index (χ0v) is 15.5. The number of nitrogens with one attached hydrogen (secondary N) is 2. The van der Waals surface area contributed by atoms with Crippen LogP contribution in [0.2, 0.25) is 5.02 Å². The molecule has 3 rings (SSSR count). The molecule has 1 aromatic heterocycles. The van der Waals surface area contributed by atoms with Gasteiger partial charge < -0.3 is 19.8 Å². The number of carbonyl (C=O) groups is 2. The number of carbonyl (C=O) groups excluding carboxylic acids is 2. The number of hydrogen-bond acceptors (Lipinski definition) is 4. The molecule has 2 amide bonds. The van der Waals surface area contributed by atoms with Gasteiger partial charge in [-0.1, -0.05) is 11.6 Å². The summed E-state index contributed by atoms with van der Waals surface area (Å²) in [5.41, 5.74) is 1.83. The predicted molar refractivity (Wildman–Crippen MR) is 106 cm³/mol. The van der Waals surface area contributed by atoms with Gasteiger partial charge in [0.2, 0.25) is 11.8 Å². The standard InChI is InChI=1S/C20H17ClN2O4/c1-12(24)22-15-3-5-16(6-4-15)23-19(25)8-7-17-10-13-9-14(21)11-18(26-2)20(13)27-17/h3-11H,1-2H3,(H,22,24)(H,23,25)/b8-7+. The summed E-state index contributed by atoms with van der Waals surface area (Å²) in [5, 5.41) is 6.72. The largest absolute Gasteiger partial charge is 0.493 e. The Morgan fingerprint density at radius 3 is 2.37 bits per heavy atom. The van der Waals surface area contributed by atoms with E-state index in [2.05, 4.69) is 10.6 Å². The maximum absolute atomic E-state index is 12.1. The van der Waals surface area contributed by atoms with Crippen molar-refractivity contribution in [2.45, 2.75) is 6.92 Å². The second-order valence-corrected chi connectivity index (χ2v) is 6.19. The second-order valence-electron chi connectivity index (χ2n) is 5.76. The summed E-state index contributed by atoms with van der Waals surface area (Å²) < 4.78 is 11.0. The number of rotatable bonds is 5. The summed E-state index contributed by atoms with van der Waals surface area (Å²) in [7, 11) is 1.54. The summed E-state index contributed by atoms with van der Waals surface area (Å²) in [4.78, 5) is 23.1. The molecule has 0 aliphatic heterocycles. The SMILES string of the molecule is COc1cc(Cl)cc2cc(/C=C/C(=O)Nc3ccc(NC(C)=O)cc3)oc12. The Hall–Kier alpha value is -3.25. The van der Waals surface area contributed by atoms with Gasteiger partial charge in [-0.3, -0.25) is 9.59 Å². The van der Waals surface area contributed by atoms with Gasteiger partial charge in [0.05, 0.1) is 7.11 Å². The Morgan fingerprint density at radius 2 is 1.74 bits per heavy atom. The molecule has 0 fully saturated rings. The molecular formula is C20H17ClN2O4. The molecule has 0 bridgehead atoms. The van der Waals surface area contributed by atoms with Gasteiger partial charge in [-0.05, 0) is 42.5 Å². The van der Waals surface area contributed by atoms with Crippen molar-refractivity contribution in [2.24, 2.45) is 0 Å². The normalized spacial score (nSPS) is 10.9. The van der Waals surface area contributed by atoms with Gasteiger partial charge in [-0.2, -0.15) is 0 Å². The predicted octanol–water partition coefficient (Wildman–Crippen LogP) is 4.71. The van der Waals surface area contributed by atoms with Crippen LogP contribution in [0.5, 0.6) is 5.75 Å². The quantitative estimate of drug-likeness (QED) is 0.624. The molecule has 0 aliphatic carbocycles. The van der Waals surface area contributed by atoms with Crippen LogP contribution in [-0.2, 0) is 9.59 Å². The fourth-order valence-electron chi connectivity index (χ4n) is 2.52. The molecule has 2 aromatic carbocycles. The zero-order chi connectivity index (χ0) is 19.4. The van der Waals surface area contributed by atoms with Crippen LogP contribution in [-0.4, -0.2) is 18.9 Å². The molecular weight excluding hydrogens is 368 g/mol. The lowest BCUT2D eigenvalue weighted by Crippen LogP contribution is -2.08. The summed E-state index contributed by atoms with van der Waals surface area (Å²) in [6.45, 7) is 1.43. The van der Waals surface area contributed by atoms with E-state index in [1.165, 1.54) is 20.1 Å². The lowest BCUT2D eigenvalue weighted by molar-refractivity contribution is -0.114. The molecule has 27 heavy (non-hydrogen) atoms. The van der Waals surface area contributed by atoms with Crippen molar-refractivity contribution in [1.29, 1.82) is 0 Å². The van der Waals surface area contributed by atoms with E-state index in [1.54, 1.807) is 48.5 Å². The summed E-state index contributed by atoms with van der Waals surface area (Å²) >= 11 is 6.04. The molecule has 0 saturated carbocycles. The third kappa shape index (κ3) is 4.68. The summed E-state index contributed by atoms with van der Waals surface area (Å²) in [6.07, 6.45) is 2.93. The van der Waals surface area contributed by atoms with E-state index in [4.69, 9.17) is 20.8 Å². The molecule has 0 unspecified atom stereocenters. The fraction of sp³-hybridized carbons (Fsp3) is 0.100. The number of furan rings is 1. The van der Waals surface area contributed by atoms with E-state index >= 15 is 0 Å². The highest BCUT2D eigenvalue weighted by atomic mass is 35.5. The Bertz CT molecular complexity index is 1020. The Labute approximate surface area is 160 Å². The monoisotopic (exact) mass is 384 g/mol. The molecule has 7 heteroatoms. The number of anilines is 2. The first-order chi connectivity index (χ1) is 12.9. The van der Waals surface area contributed by atoms with Gasteiger partial charge in [0, 0.05) is 40.8 Å². The number of benzene rings is 2. The number of methoxy groups -OCH3 is 1. The molecule has 3 aromatic rings. The molecule has 138 valence electrons. The molecule has 0 spiro atoms. The number of amides is 2. The molecule has 2 N–H and O–H groups in total. The van der Waals surface area contributed by atoms with Crippen molar-refractivity contribution >= 4 is 51.8 Å². The van der Waals surface area contributed by atoms with Crippen LogP contribution in [0.1, 0.15) is 12.7 Å². The van der Waals surface area contributed by atoms with Gasteiger partial charge in [-0.25, -0.2) is 0 Å². The number of halogens is 1. The topological polar surface area (TPSA) is 80.6 Å². The van der Waals surface area contributed by atoms with Gasteiger partial charge in [0.25, 0.3) is 0 Å². The minimum atomic E-state index is -0.312. The van der Waals surface area contributed by atoms with Gasteiger partial charge >= 0.3 is 0 Å². The third-order valence-corrected chi connectivity index (χ3v) is 3.88. The minimum Gasteiger partial charge on any atom is -0.493 e. The highest BCUT2D eigenvalue weighted by Gasteiger charge is 2.09. The van der Waals surface area contributed by atoms with E-state index in [1.807, 2.05) is 0 Å². The second kappa shape index (κ2) is 7.97. The molecule has 0 aliphatic rings. The Morgan fingerprint density at radius 1 is 1.07 bits per heavy atom. The van der Waals surface area contributed by atoms with E-state index in [0.717, 1.165) is 5.39 Å². The number of ether oxygens (including phenoxy) is 1. The van der Waals surface area contributed by atoms with Crippen LogP contribution in [0.4, 0.5) is 11.4 Å². The first-order valence-corrected chi connectivity index (χ1v) is 8.46. The van der Waals surface area contributed by atoms with Crippen LogP contribution in [0, 0.1) is 0 Å². The maximum atomic E-state index is 12.1. The van der Waals surface area contributed by atoms with Crippen LogP contribution in [0.25, 0.3) is 17.0 Å². The third-order valence-electron chi connectivity index (χ3n) is 3.66. The molecule has 1 heterocycles. The highest BCUT2D eigenvalue weighted by molar-refractivity contribution is 6.31. The molecule has 6 nitrogen and oxygen atoms in total. The van der Waals surface area contributed by atoms with Crippen LogP contribution < -0.4 is 15.4 Å². The van der Waals surface area contributed by atoms with Crippen molar-refractivity contribution in [2.75, 3.05) is 17.7 Å². The molecule has 0 radical (unpaired) electrons. The van der Waals surface area contributed by atoms with Gasteiger partial charge in [-0.15, -0.1) is 0 Å². The lowest BCUT2D eigenvalue weighted by atomic mass is 10.2. The van der Waals surface area contributed by atoms with E-state index < -0.39 is 0 Å². The highest BCUT2D eigenvalue weighted by Crippen LogP contribution is 2.32. The average Bonchev–Trinajstić information content (AvgIpc) is 3.03. The Balaban J connectivity index is 1.69. The minimum absolute atomic E-state index is 0.154. The number of hydrogen-bond donors (Lipinski definition) is 2. The van der Waals surface area contributed by atoms with E-state index in [0.29, 0.717) is 33.5 Å². The smallest absolute Gasteiger partial charge is 0.248 e. The molecule has 0 saturated heterocycles. The van der Waals surface area contributed by atoms with Gasteiger partial charge in [0.1, 0.15) is 5.76 Å². The fourth-order valence-corrected chi connectivity index (χ4v) is 2.74. The van der Waals surface area contributed by atoms with Crippen LogP contribution in [0.3, 0.4) is 0 Å². The zero-order valence-electron chi connectivity index (χ0n) is 14.7. The van der Waals surface area contributed by atoms with Crippen molar-refractivity contribution in [3.8, 4) is 5.75 Å². The van der Waals surface area contributed by atoms with Crippen LogP contribution in [0.15, 0.2) is 53.0 Å². The van der Waals surface area contributed by atoms with Crippen molar-refractivity contribution in [3.63, 3.8) is 0 Å².